The molecule has 0 unspecified atom stereocenters. The lowest BCUT2D eigenvalue weighted by molar-refractivity contribution is -0.152. The lowest BCUT2D eigenvalue weighted by Crippen LogP contribution is -2.49. The molecule has 10 heteroatoms. The first-order chi connectivity index (χ1) is 20.4. The van der Waals surface area contributed by atoms with Crippen LogP contribution in [0.4, 0.5) is 4.39 Å². The van der Waals surface area contributed by atoms with Gasteiger partial charge in [0.2, 0.25) is 5.91 Å². The van der Waals surface area contributed by atoms with Crippen molar-refractivity contribution in [2.75, 3.05) is 57.4 Å². The van der Waals surface area contributed by atoms with Gasteiger partial charge in [0.05, 0.1) is 12.1 Å². The number of hydrogen-bond donors (Lipinski definition) is 1. The molecule has 2 atom stereocenters. The van der Waals surface area contributed by atoms with E-state index < -0.39 is 6.10 Å². The summed E-state index contributed by atoms with van der Waals surface area (Å²) in [6, 6.07) is 6.04. The zero-order valence-electron chi connectivity index (χ0n) is 25.1. The fraction of sp³-hybridized carbons (Fsp3) is 0.656. The molecule has 2 heterocycles. The summed E-state index contributed by atoms with van der Waals surface area (Å²) >= 11 is 1.68. The number of amides is 2. The van der Waals surface area contributed by atoms with Gasteiger partial charge in [0, 0.05) is 57.7 Å². The Bertz CT molecular complexity index is 1000. The molecule has 1 N–H and O–H groups in total. The first kappa shape index (κ1) is 34.1. The van der Waals surface area contributed by atoms with E-state index in [2.05, 4.69) is 11.8 Å². The van der Waals surface area contributed by atoms with Crippen molar-refractivity contribution in [3.05, 3.63) is 47.8 Å². The normalized spacial score (nSPS) is 18.6. The number of nitrogens with zero attached hydrogens (tertiary/aromatic N) is 3. The Labute approximate surface area is 254 Å². The molecule has 0 bridgehead atoms. The topological polar surface area (TPSA) is 90.4 Å². The van der Waals surface area contributed by atoms with Gasteiger partial charge < -0.3 is 19.6 Å². The van der Waals surface area contributed by atoms with Crippen molar-refractivity contribution < 1.29 is 28.6 Å². The summed E-state index contributed by atoms with van der Waals surface area (Å²) in [5.41, 5.74) is 0.849. The number of esters is 1. The highest BCUT2D eigenvalue weighted by Gasteiger charge is 2.28. The summed E-state index contributed by atoms with van der Waals surface area (Å²) in [6.07, 6.45) is 10.4. The largest absolute Gasteiger partial charge is 0.456 e. The van der Waals surface area contributed by atoms with Gasteiger partial charge in [0.15, 0.2) is 6.61 Å². The van der Waals surface area contributed by atoms with Gasteiger partial charge in [-0.1, -0.05) is 50.5 Å². The van der Waals surface area contributed by atoms with E-state index >= 15 is 0 Å². The Morgan fingerprint density at radius 3 is 2.57 bits per heavy atom. The Morgan fingerprint density at radius 2 is 1.83 bits per heavy atom. The van der Waals surface area contributed by atoms with Crippen molar-refractivity contribution in [2.45, 2.75) is 76.9 Å². The van der Waals surface area contributed by atoms with Crippen molar-refractivity contribution >= 4 is 29.5 Å². The zero-order chi connectivity index (χ0) is 30.2. The summed E-state index contributed by atoms with van der Waals surface area (Å²) in [7, 11) is 0. The number of thioether (sulfide) groups is 1. The molecule has 0 spiro atoms. The Morgan fingerprint density at radius 1 is 1.07 bits per heavy atom. The number of likely N-dealkylation sites (tertiary alicyclic amines) is 1. The summed E-state index contributed by atoms with van der Waals surface area (Å²) in [5, 5.41) is 10.3. The fourth-order valence-corrected chi connectivity index (χ4v) is 6.18. The fourth-order valence-electron chi connectivity index (χ4n) is 5.31. The van der Waals surface area contributed by atoms with Crippen LogP contribution in [0.5, 0.6) is 0 Å². The second-order valence-electron chi connectivity index (χ2n) is 11.1. The number of rotatable bonds is 18. The average molecular weight is 606 g/mol. The third-order valence-electron chi connectivity index (χ3n) is 7.84. The van der Waals surface area contributed by atoms with Gasteiger partial charge in [0.1, 0.15) is 5.82 Å². The van der Waals surface area contributed by atoms with E-state index in [1.807, 2.05) is 11.0 Å². The van der Waals surface area contributed by atoms with Gasteiger partial charge >= 0.3 is 5.97 Å². The van der Waals surface area contributed by atoms with E-state index in [1.54, 1.807) is 34.9 Å². The van der Waals surface area contributed by atoms with Crippen LogP contribution in [0.15, 0.2) is 36.4 Å². The maximum atomic E-state index is 13.1. The van der Waals surface area contributed by atoms with Crippen LogP contribution in [0.2, 0.25) is 0 Å². The first-order valence-corrected chi connectivity index (χ1v) is 16.6. The number of carbonyl (C=O) groups is 3. The Balaban J connectivity index is 1.23. The second kappa shape index (κ2) is 19.0. The van der Waals surface area contributed by atoms with Crippen LogP contribution in [0.3, 0.4) is 0 Å². The number of halogens is 1. The standard InChI is InChI=1S/C32H48FN3O5S/c1-2-3-4-5-16-34-17-19-35(20-18-34)31(39)25-41-32(40)7-6-22-42-23-21-36-28(13-15-30(36)38)12-14-29(37)24-26-8-10-27(33)11-9-26/h8-12,14,28-29,37H,2-7,13,15-25H2,1H3/t28-,29+/m0/s1. The molecular formula is C32H48FN3O5S. The van der Waals surface area contributed by atoms with Crippen molar-refractivity contribution in [1.82, 2.24) is 14.7 Å². The van der Waals surface area contributed by atoms with E-state index in [0.717, 1.165) is 43.1 Å². The van der Waals surface area contributed by atoms with Crippen molar-refractivity contribution in [2.24, 2.45) is 0 Å². The molecule has 0 saturated carbocycles. The summed E-state index contributed by atoms with van der Waals surface area (Å²) in [5.74, 6) is 0.859. The van der Waals surface area contributed by atoms with E-state index in [-0.39, 0.29) is 42.7 Å². The van der Waals surface area contributed by atoms with E-state index in [0.29, 0.717) is 38.9 Å². The van der Waals surface area contributed by atoms with Crippen molar-refractivity contribution in [3.8, 4) is 0 Å². The highest BCUT2D eigenvalue weighted by Crippen LogP contribution is 2.21. The van der Waals surface area contributed by atoms with Crippen LogP contribution >= 0.6 is 11.8 Å². The third kappa shape index (κ3) is 12.4. The van der Waals surface area contributed by atoms with Crippen molar-refractivity contribution in [3.63, 3.8) is 0 Å². The molecule has 0 radical (unpaired) electrons. The van der Waals surface area contributed by atoms with Crippen molar-refractivity contribution in [1.29, 1.82) is 0 Å². The van der Waals surface area contributed by atoms with Gasteiger partial charge in [-0.2, -0.15) is 11.8 Å². The van der Waals surface area contributed by atoms with Crippen LogP contribution in [0.25, 0.3) is 0 Å². The molecule has 0 aliphatic carbocycles. The molecule has 234 valence electrons. The molecule has 42 heavy (non-hydrogen) atoms. The summed E-state index contributed by atoms with van der Waals surface area (Å²) < 4.78 is 18.3. The molecule has 2 aliphatic rings. The maximum absolute atomic E-state index is 13.1. The smallest absolute Gasteiger partial charge is 0.306 e. The minimum atomic E-state index is -0.701. The SMILES string of the molecule is CCCCCCN1CCN(C(=O)COC(=O)CCCSCCN2C(=O)CC[C@@H]2C=C[C@@H](O)Cc2ccc(F)cc2)CC1. The summed E-state index contributed by atoms with van der Waals surface area (Å²) in [6.45, 7) is 6.85. The highest BCUT2D eigenvalue weighted by atomic mass is 32.2. The number of benzene rings is 1. The molecule has 2 amide bonds. The minimum absolute atomic E-state index is 0.0396. The van der Waals surface area contributed by atoms with E-state index in [4.69, 9.17) is 4.74 Å². The highest BCUT2D eigenvalue weighted by molar-refractivity contribution is 7.99. The van der Waals surface area contributed by atoms with E-state index in [1.165, 1.54) is 37.8 Å². The lowest BCUT2D eigenvalue weighted by Gasteiger charge is -2.34. The number of hydrogen-bond acceptors (Lipinski definition) is 7. The first-order valence-electron chi connectivity index (χ1n) is 15.5. The second-order valence-corrected chi connectivity index (χ2v) is 12.4. The molecule has 1 aromatic rings. The zero-order valence-corrected chi connectivity index (χ0v) is 25.9. The van der Waals surface area contributed by atoms with Gasteiger partial charge in [-0.15, -0.1) is 0 Å². The van der Waals surface area contributed by atoms with Crippen LogP contribution < -0.4 is 0 Å². The minimum Gasteiger partial charge on any atom is -0.456 e. The molecule has 3 rings (SSSR count). The van der Waals surface area contributed by atoms with Gasteiger partial charge in [-0.05, 0) is 49.3 Å². The van der Waals surface area contributed by atoms with E-state index in [9.17, 15) is 23.9 Å². The molecule has 2 fully saturated rings. The molecule has 2 saturated heterocycles. The lowest BCUT2D eigenvalue weighted by atomic mass is 10.1. The third-order valence-corrected chi connectivity index (χ3v) is 8.89. The molecule has 0 aromatic heterocycles. The number of piperazine rings is 1. The molecule has 1 aromatic carbocycles. The predicted octanol–water partition coefficient (Wildman–Crippen LogP) is 4.06. The molecule has 8 nitrogen and oxygen atoms in total. The quantitative estimate of drug-likeness (QED) is 0.153. The molecule has 2 aliphatic heterocycles. The molecular weight excluding hydrogens is 557 g/mol. The number of unbranched alkanes of at least 4 members (excludes halogenated alkanes) is 3. The van der Waals surface area contributed by atoms with Crippen LogP contribution in [0.1, 0.15) is 63.9 Å². The predicted molar refractivity (Wildman–Crippen MR) is 165 cm³/mol. The maximum Gasteiger partial charge on any atom is 0.306 e. The van der Waals surface area contributed by atoms with Crippen LogP contribution in [-0.2, 0) is 25.5 Å². The number of ether oxygens (including phenoxy) is 1. The Kier molecular flexibility index (Phi) is 15.4. The Hall–Kier alpha value is -2.43. The number of aliphatic hydroxyl groups is 1. The number of carbonyl (C=O) groups excluding carboxylic acids is 3. The van der Waals surface area contributed by atoms with Crippen LogP contribution in [0, 0.1) is 5.82 Å². The average Bonchev–Trinajstić information content (AvgIpc) is 3.35. The van der Waals surface area contributed by atoms with Gasteiger partial charge in [-0.3, -0.25) is 19.3 Å². The van der Waals surface area contributed by atoms with Gasteiger partial charge in [-0.25, -0.2) is 4.39 Å². The van der Waals surface area contributed by atoms with Gasteiger partial charge in [0.25, 0.3) is 5.91 Å². The number of aliphatic hydroxyl groups excluding tert-OH is 1. The summed E-state index contributed by atoms with van der Waals surface area (Å²) in [4.78, 5) is 43.0. The van der Waals surface area contributed by atoms with Crippen LogP contribution in [-0.4, -0.2) is 107 Å². The monoisotopic (exact) mass is 605 g/mol.